The zero-order valence-electron chi connectivity index (χ0n) is 8.81. The Bertz CT molecular complexity index is 331. The number of nitrogens with two attached hydrogens (primary N) is 1. The van der Waals surface area contributed by atoms with E-state index < -0.39 is 0 Å². The van der Waals surface area contributed by atoms with Gasteiger partial charge < -0.3 is 15.6 Å². The molecule has 0 aliphatic heterocycles. The Morgan fingerprint density at radius 1 is 1.60 bits per heavy atom. The van der Waals surface area contributed by atoms with Gasteiger partial charge in [-0.15, -0.1) is 0 Å². The molecule has 1 aromatic rings. The van der Waals surface area contributed by atoms with Gasteiger partial charge in [0.05, 0.1) is 13.2 Å². The number of pyridine rings is 1. The lowest BCUT2D eigenvalue weighted by Crippen LogP contribution is -2.49. The number of aliphatic hydroxyl groups excluding tert-OH is 1. The van der Waals surface area contributed by atoms with Crippen molar-refractivity contribution in [3.8, 4) is 5.88 Å². The zero-order valence-corrected chi connectivity index (χ0v) is 8.81. The summed E-state index contributed by atoms with van der Waals surface area (Å²) in [5.41, 5.74) is 6.79. The van der Waals surface area contributed by atoms with Crippen LogP contribution in [0.4, 0.5) is 0 Å². The zero-order chi connectivity index (χ0) is 10.9. The highest BCUT2D eigenvalue weighted by molar-refractivity contribution is 5.30. The summed E-state index contributed by atoms with van der Waals surface area (Å²) in [7, 11) is 1.59. The summed E-state index contributed by atoms with van der Waals surface area (Å²) >= 11 is 0. The predicted octanol–water partition coefficient (Wildman–Crippen LogP) is 0.441. The monoisotopic (exact) mass is 208 g/mol. The summed E-state index contributed by atoms with van der Waals surface area (Å²) < 4.78 is 5.00. The molecule has 0 amide bonds. The summed E-state index contributed by atoms with van der Waals surface area (Å²) in [6, 6.07) is 3.81. The number of ether oxygens (including phenoxy) is 1. The fraction of sp³-hybridized carbons (Fsp3) is 0.545. The summed E-state index contributed by atoms with van der Waals surface area (Å²) in [5, 5.41) is 9.38. The van der Waals surface area contributed by atoms with Crippen LogP contribution in [0.25, 0.3) is 0 Å². The number of hydrogen-bond donors (Lipinski definition) is 2. The second-order valence-electron chi connectivity index (χ2n) is 4.14. The van der Waals surface area contributed by atoms with Gasteiger partial charge in [-0.25, -0.2) is 4.98 Å². The van der Waals surface area contributed by atoms with Crippen molar-refractivity contribution in [2.75, 3.05) is 13.7 Å². The average molecular weight is 208 g/mol. The molecule has 0 aromatic carbocycles. The number of nitrogens with zero attached hydrogens (tertiary/aromatic N) is 1. The first kappa shape index (κ1) is 10.4. The molecule has 82 valence electrons. The van der Waals surface area contributed by atoms with Crippen LogP contribution in [0.15, 0.2) is 18.3 Å². The number of methoxy groups -OCH3 is 1. The highest BCUT2D eigenvalue weighted by atomic mass is 16.5. The normalized spacial score (nSPS) is 29.7. The SMILES string of the molecule is COc1ccc(C2(CN)CC(O)C2)cn1. The lowest BCUT2D eigenvalue weighted by atomic mass is 9.63. The summed E-state index contributed by atoms with van der Waals surface area (Å²) in [6.07, 6.45) is 3.04. The van der Waals surface area contributed by atoms with Crippen LogP contribution in [0.3, 0.4) is 0 Å². The molecule has 0 radical (unpaired) electrons. The molecule has 15 heavy (non-hydrogen) atoms. The van der Waals surface area contributed by atoms with Gasteiger partial charge in [-0.3, -0.25) is 0 Å². The number of hydrogen-bond acceptors (Lipinski definition) is 4. The Kier molecular flexibility index (Phi) is 2.63. The van der Waals surface area contributed by atoms with E-state index >= 15 is 0 Å². The van der Waals surface area contributed by atoms with E-state index in [1.807, 2.05) is 12.1 Å². The number of aliphatic hydroxyl groups is 1. The Labute approximate surface area is 89.1 Å². The third-order valence-electron chi connectivity index (χ3n) is 3.20. The van der Waals surface area contributed by atoms with Gasteiger partial charge in [0.1, 0.15) is 0 Å². The van der Waals surface area contributed by atoms with Gasteiger partial charge in [-0.1, -0.05) is 6.07 Å². The van der Waals surface area contributed by atoms with Gasteiger partial charge >= 0.3 is 0 Å². The van der Waals surface area contributed by atoms with Gasteiger partial charge in [-0.05, 0) is 18.4 Å². The van der Waals surface area contributed by atoms with Crippen LogP contribution in [0.1, 0.15) is 18.4 Å². The Hall–Kier alpha value is -1.13. The minimum Gasteiger partial charge on any atom is -0.481 e. The first-order valence-corrected chi connectivity index (χ1v) is 5.09. The molecule has 1 saturated carbocycles. The molecular weight excluding hydrogens is 192 g/mol. The molecule has 4 heteroatoms. The molecule has 1 aromatic heterocycles. The fourth-order valence-electron chi connectivity index (χ4n) is 2.18. The lowest BCUT2D eigenvalue weighted by Gasteiger charge is -2.45. The third kappa shape index (κ3) is 1.70. The highest BCUT2D eigenvalue weighted by Crippen LogP contribution is 2.42. The van der Waals surface area contributed by atoms with Crippen molar-refractivity contribution in [1.82, 2.24) is 4.98 Å². The maximum Gasteiger partial charge on any atom is 0.212 e. The average Bonchev–Trinajstić information content (AvgIpc) is 2.25. The van der Waals surface area contributed by atoms with Crippen LogP contribution < -0.4 is 10.5 Å². The maximum absolute atomic E-state index is 9.38. The van der Waals surface area contributed by atoms with E-state index in [0.29, 0.717) is 12.4 Å². The Balaban J connectivity index is 2.21. The van der Waals surface area contributed by atoms with Gasteiger partial charge in [0, 0.05) is 24.2 Å². The molecule has 0 atom stereocenters. The van der Waals surface area contributed by atoms with Crippen molar-refractivity contribution in [1.29, 1.82) is 0 Å². The molecule has 3 N–H and O–H groups in total. The van der Waals surface area contributed by atoms with Crippen molar-refractivity contribution in [3.63, 3.8) is 0 Å². The summed E-state index contributed by atoms with van der Waals surface area (Å²) in [6.45, 7) is 0.554. The predicted molar refractivity (Wildman–Crippen MR) is 56.8 cm³/mol. The van der Waals surface area contributed by atoms with Gasteiger partial charge in [0.2, 0.25) is 5.88 Å². The summed E-state index contributed by atoms with van der Waals surface area (Å²) in [4.78, 5) is 4.16. The Morgan fingerprint density at radius 3 is 2.73 bits per heavy atom. The van der Waals surface area contributed by atoms with E-state index in [9.17, 15) is 5.11 Å². The molecule has 0 bridgehead atoms. The third-order valence-corrected chi connectivity index (χ3v) is 3.20. The molecule has 0 saturated heterocycles. The lowest BCUT2D eigenvalue weighted by molar-refractivity contribution is 0.0220. The molecular formula is C11H16N2O2. The van der Waals surface area contributed by atoms with E-state index in [-0.39, 0.29) is 11.5 Å². The van der Waals surface area contributed by atoms with Crippen molar-refractivity contribution in [2.45, 2.75) is 24.4 Å². The van der Waals surface area contributed by atoms with Crippen LogP contribution in [0.5, 0.6) is 5.88 Å². The van der Waals surface area contributed by atoms with Crippen molar-refractivity contribution < 1.29 is 9.84 Å². The maximum atomic E-state index is 9.38. The first-order chi connectivity index (χ1) is 7.20. The van der Waals surface area contributed by atoms with Crippen LogP contribution in [-0.2, 0) is 5.41 Å². The van der Waals surface area contributed by atoms with E-state index in [1.165, 1.54) is 0 Å². The van der Waals surface area contributed by atoms with Crippen molar-refractivity contribution in [3.05, 3.63) is 23.9 Å². The van der Waals surface area contributed by atoms with Crippen LogP contribution in [0.2, 0.25) is 0 Å². The van der Waals surface area contributed by atoms with Crippen molar-refractivity contribution >= 4 is 0 Å². The molecule has 4 nitrogen and oxygen atoms in total. The summed E-state index contributed by atoms with van der Waals surface area (Å²) in [5.74, 6) is 0.603. The van der Waals surface area contributed by atoms with Crippen LogP contribution in [-0.4, -0.2) is 29.8 Å². The molecule has 0 spiro atoms. The van der Waals surface area contributed by atoms with E-state index in [0.717, 1.165) is 18.4 Å². The molecule has 1 heterocycles. The van der Waals surface area contributed by atoms with Gasteiger partial charge in [0.25, 0.3) is 0 Å². The van der Waals surface area contributed by atoms with E-state index in [2.05, 4.69) is 4.98 Å². The highest BCUT2D eigenvalue weighted by Gasteiger charge is 2.43. The van der Waals surface area contributed by atoms with E-state index in [1.54, 1.807) is 13.3 Å². The fourth-order valence-corrected chi connectivity index (χ4v) is 2.18. The van der Waals surface area contributed by atoms with Crippen LogP contribution >= 0.6 is 0 Å². The van der Waals surface area contributed by atoms with Crippen LogP contribution in [0, 0.1) is 0 Å². The molecule has 1 fully saturated rings. The molecule has 1 aliphatic rings. The van der Waals surface area contributed by atoms with Gasteiger partial charge in [0.15, 0.2) is 0 Å². The smallest absolute Gasteiger partial charge is 0.212 e. The molecule has 1 aliphatic carbocycles. The largest absolute Gasteiger partial charge is 0.481 e. The first-order valence-electron chi connectivity index (χ1n) is 5.09. The topological polar surface area (TPSA) is 68.4 Å². The minimum atomic E-state index is -0.212. The second kappa shape index (κ2) is 3.79. The second-order valence-corrected chi connectivity index (χ2v) is 4.14. The minimum absolute atomic E-state index is 0.0707. The Morgan fingerprint density at radius 2 is 2.33 bits per heavy atom. The standard InChI is InChI=1S/C11H16N2O2/c1-15-10-3-2-8(6-13-10)11(7-12)4-9(14)5-11/h2-3,6,9,14H,4-5,7,12H2,1H3. The number of rotatable bonds is 3. The molecule has 2 rings (SSSR count). The number of aromatic nitrogens is 1. The van der Waals surface area contributed by atoms with Gasteiger partial charge in [-0.2, -0.15) is 0 Å². The molecule has 0 unspecified atom stereocenters. The quantitative estimate of drug-likeness (QED) is 0.756. The van der Waals surface area contributed by atoms with Crippen molar-refractivity contribution in [2.24, 2.45) is 5.73 Å². The van der Waals surface area contributed by atoms with E-state index in [4.69, 9.17) is 10.5 Å².